The summed E-state index contributed by atoms with van der Waals surface area (Å²) in [6, 6.07) is 21.0. The summed E-state index contributed by atoms with van der Waals surface area (Å²) in [7, 11) is 0. The minimum Gasteiger partial charge on any atom is -0.755 e. The molecule has 0 radical (unpaired) electrons. The van der Waals surface area contributed by atoms with Crippen LogP contribution in [0.25, 0.3) is 11.1 Å². The highest BCUT2D eigenvalue weighted by Gasteiger charge is 2.20. The summed E-state index contributed by atoms with van der Waals surface area (Å²) in [5.41, 5.74) is 2.52. The number of carboxylic acid groups (broad SMARTS) is 1. The number of carboxylic acids is 1. The summed E-state index contributed by atoms with van der Waals surface area (Å²) >= 11 is -2.67. The number of hydrogen-bond acceptors (Lipinski definition) is 4. The van der Waals surface area contributed by atoms with E-state index in [9.17, 15) is 23.5 Å². The van der Waals surface area contributed by atoms with Crippen LogP contribution in [-0.2, 0) is 11.3 Å². The summed E-state index contributed by atoms with van der Waals surface area (Å²) in [4.78, 5) is 25.0. The van der Waals surface area contributed by atoms with E-state index in [1.165, 1.54) is 18.2 Å². The van der Waals surface area contributed by atoms with Gasteiger partial charge < -0.3 is 14.0 Å². The van der Waals surface area contributed by atoms with Crippen molar-refractivity contribution >= 4 is 28.7 Å². The van der Waals surface area contributed by atoms with Crippen molar-refractivity contribution in [3.8, 4) is 11.1 Å². The summed E-state index contributed by atoms with van der Waals surface area (Å²) in [5.74, 6) is -1.55. The van der Waals surface area contributed by atoms with Crippen LogP contribution in [0.3, 0.4) is 0 Å². The first-order valence-electron chi connectivity index (χ1n) is 11.9. The van der Waals surface area contributed by atoms with Crippen LogP contribution in [0.15, 0.2) is 72.8 Å². The number of rotatable bonds is 13. The van der Waals surface area contributed by atoms with Crippen molar-refractivity contribution in [1.29, 1.82) is 0 Å². The minimum absolute atomic E-state index is 0.00569. The Kier molecular flexibility index (Phi) is 9.76. The van der Waals surface area contributed by atoms with Gasteiger partial charge in [-0.1, -0.05) is 99.7 Å². The van der Waals surface area contributed by atoms with Crippen molar-refractivity contribution < 1.29 is 23.5 Å². The second-order valence-corrected chi connectivity index (χ2v) is 9.27. The fourth-order valence-electron chi connectivity index (χ4n) is 3.98. The highest BCUT2D eigenvalue weighted by molar-refractivity contribution is 7.80. The third-order valence-corrected chi connectivity index (χ3v) is 6.65. The van der Waals surface area contributed by atoms with E-state index in [0.717, 1.165) is 47.5 Å². The van der Waals surface area contributed by atoms with Gasteiger partial charge >= 0.3 is 5.97 Å². The summed E-state index contributed by atoms with van der Waals surface area (Å²) < 4.78 is 25.1. The number of carbonyl (C=O) groups excluding carboxylic acids is 1. The van der Waals surface area contributed by atoms with Gasteiger partial charge in [-0.05, 0) is 29.7 Å². The molecule has 0 aromatic heterocycles. The Morgan fingerprint density at radius 3 is 2.06 bits per heavy atom. The molecule has 1 atom stereocenters. The maximum Gasteiger partial charge on any atom is 0.337 e. The second-order valence-electron chi connectivity index (χ2n) is 8.40. The fraction of sp³-hybridized carbons (Fsp3) is 0.286. The predicted octanol–water partition coefficient (Wildman–Crippen LogP) is 6.24. The molecule has 1 unspecified atom stereocenters. The minimum atomic E-state index is -2.67. The van der Waals surface area contributed by atoms with Crippen molar-refractivity contribution in [2.45, 2.75) is 45.4 Å². The topological polar surface area (TPSA) is 97.7 Å². The van der Waals surface area contributed by atoms with Gasteiger partial charge in [0.15, 0.2) is 5.78 Å². The Hall–Kier alpha value is -3.29. The van der Waals surface area contributed by atoms with Crippen molar-refractivity contribution in [1.82, 2.24) is 0 Å². The Morgan fingerprint density at radius 1 is 0.829 bits per heavy atom. The molecule has 0 aliphatic carbocycles. The van der Waals surface area contributed by atoms with Gasteiger partial charge in [0.1, 0.15) is 0 Å². The molecular weight excluding hydrogens is 462 g/mol. The third kappa shape index (κ3) is 7.10. The first-order chi connectivity index (χ1) is 16.9. The van der Waals surface area contributed by atoms with Crippen LogP contribution in [0.2, 0.25) is 0 Å². The monoisotopic (exact) mass is 492 g/mol. The van der Waals surface area contributed by atoms with E-state index in [-0.39, 0.29) is 29.1 Å². The normalized spacial score (nSPS) is 11.7. The average molecular weight is 493 g/mol. The van der Waals surface area contributed by atoms with E-state index >= 15 is 0 Å². The van der Waals surface area contributed by atoms with Crippen LogP contribution in [0.1, 0.15) is 71.7 Å². The zero-order chi connectivity index (χ0) is 25.2. The molecule has 0 aliphatic heterocycles. The number of carbonyl (C=O) groups is 2. The predicted molar refractivity (Wildman–Crippen MR) is 138 cm³/mol. The van der Waals surface area contributed by atoms with Gasteiger partial charge in [-0.3, -0.25) is 9.00 Å². The maximum absolute atomic E-state index is 13.2. The van der Waals surface area contributed by atoms with Gasteiger partial charge in [0.05, 0.1) is 11.3 Å². The number of hydrogen-bond donors (Lipinski definition) is 1. The molecule has 0 aliphatic rings. The molecule has 0 spiro atoms. The van der Waals surface area contributed by atoms with Crippen molar-refractivity contribution in [3.05, 3.63) is 89.5 Å². The van der Waals surface area contributed by atoms with Crippen molar-refractivity contribution in [2.75, 3.05) is 10.8 Å². The largest absolute Gasteiger partial charge is 0.755 e. The van der Waals surface area contributed by atoms with E-state index in [0.29, 0.717) is 12.0 Å². The molecule has 0 saturated heterocycles. The number of unbranched alkanes of at least 4 members (excludes halogenated alkanes) is 5. The van der Waals surface area contributed by atoms with Gasteiger partial charge in [0, 0.05) is 28.9 Å². The number of benzene rings is 3. The zero-order valence-electron chi connectivity index (χ0n) is 19.8. The van der Waals surface area contributed by atoms with Crippen LogP contribution in [0, 0.1) is 0 Å². The van der Waals surface area contributed by atoms with E-state index in [1.54, 1.807) is 12.1 Å². The first-order valence-corrected chi connectivity index (χ1v) is 12.9. The number of aromatic carboxylic acids is 1. The van der Waals surface area contributed by atoms with E-state index in [4.69, 9.17) is 0 Å². The van der Waals surface area contributed by atoms with E-state index in [2.05, 4.69) is 6.92 Å². The fourth-order valence-corrected chi connectivity index (χ4v) is 4.57. The lowest BCUT2D eigenvalue weighted by Gasteiger charge is -2.28. The molecule has 0 fully saturated rings. The number of nitrogens with zero attached hydrogens (tertiary/aromatic N) is 1. The Morgan fingerprint density at radius 2 is 1.43 bits per heavy atom. The highest BCUT2D eigenvalue weighted by atomic mass is 32.2. The molecule has 184 valence electrons. The van der Waals surface area contributed by atoms with Crippen molar-refractivity contribution in [2.24, 2.45) is 0 Å². The standard InChI is InChI=1S/C28H31NO5S/c1-2-3-4-5-6-10-19-29(35(33)34)26-20-24(17-18-25(26)28(31)32)27(30)23-15-13-22(14-16-23)21-11-8-7-9-12-21/h7-9,11-18,20H,2-6,10,19H2,1H3,(H,31,32)(H,33,34)/p-1. The smallest absolute Gasteiger partial charge is 0.337 e. The van der Waals surface area contributed by atoms with Crippen molar-refractivity contribution in [3.63, 3.8) is 0 Å². The van der Waals surface area contributed by atoms with Crippen LogP contribution in [0.4, 0.5) is 5.69 Å². The van der Waals surface area contributed by atoms with Crippen LogP contribution >= 0.6 is 0 Å². The lowest BCUT2D eigenvalue weighted by Crippen LogP contribution is -2.28. The van der Waals surface area contributed by atoms with Gasteiger partial charge in [0.25, 0.3) is 0 Å². The lowest BCUT2D eigenvalue weighted by atomic mass is 9.98. The van der Waals surface area contributed by atoms with E-state index in [1.807, 2.05) is 42.5 Å². The molecule has 7 heteroatoms. The first kappa shape index (κ1) is 26.3. The summed E-state index contributed by atoms with van der Waals surface area (Å²) in [6.07, 6.45) is 5.80. The molecular formula is C28H30NO5S-. The maximum atomic E-state index is 13.2. The molecule has 3 aromatic carbocycles. The Labute approximate surface area is 209 Å². The zero-order valence-corrected chi connectivity index (χ0v) is 20.6. The number of ketones is 1. The third-order valence-electron chi connectivity index (χ3n) is 5.91. The molecule has 0 heterocycles. The molecule has 0 bridgehead atoms. The summed E-state index contributed by atoms with van der Waals surface area (Å²) in [5, 5.41) is 9.64. The molecule has 35 heavy (non-hydrogen) atoms. The van der Waals surface area contributed by atoms with Gasteiger partial charge in [0.2, 0.25) is 0 Å². The highest BCUT2D eigenvalue weighted by Crippen LogP contribution is 2.27. The Bertz CT molecular complexity index is 1160. The number of anilines is 1. The van der Waals surface area contributed by atoms with Gasteiger partial charge in [-0.25, -0.2) is 4.79 Å². The molecule has 1 N–H and O–H groups in total. The van der Waals surface area contributed by atoms with Crippen LogP contribution in [-0.4, -0.2) is 32.2 Å². The molecule has 6 nitrogen and oxygen atoms in total. The average Bonchev–Trinajstić information content (AvgIpc) is 2.88. The summed E-state index contributed by atoms with van der Waals surface area (Å²) in [6.45, 7) is 2.29. The molecule has 3 rings (SSSR count). The lowest BCUT2D eigenvalue weighted by molar-refractivity contribution is 0.0697. The van der Waals surface area contributed by atoms with E-state index < -0.39 is 17.2 Å². The van der Waals surface area contributed by atoms with Gasteiger partial charge in [-0.15, -0.1) is 0 Å². The quantitative estimate of drug-likeness (QED) is 0.173. The molecule has 0 amide bonds. The van der Waals surface area contributed by atoms with Gasteiger partial charge in [-0.2, -0.15) is 0 Å². The SMILES string of the molecule is CCCCCCCCN(c1cc(C(=O)c2ccc(-c3ccccc3)cc2)ccc1C(=O)O)S(=O)[O-]. The Balaban J connectivity index is 1.83. The van der Waals surface area contributed by atoms with Crippen LogP contribution < -0.4 is 4.31 Å². The molecule has 3 aromatic rings. The second kappa shape index (κ2) is 13.0. The molecule has 0 saturated carbocycles. The van der Waals surface area contributed by atoms with Crippen LogP contribution in [0.5, 0.6) is 0 Å².